The molecule has 0 fully saturated rings. The molecule has 0 aliphatic carbocycles. The average Bonchev–Trinajstić information content (AvgIpc) is 2.72. The lowest BCUT2D eigenvalue weighted by atomic mass is 10.1. The number of benzene rings is 1. The molecule has 0 saturated carbocycles. The molecule has 2 aromatic rings. The van der Waals surface area contributed by atoms with Gasteiger partial charge in [0, 0.05) is 11.1 Å². The predicted octanol–water partition coefficient (Wildman–Crippen LogP) is 3.82. The minimum atomic E-state index is -0.395. The van der Waals surface area contributed by atoms with Crippen LogP contribution in [0.3, 0.4) is 0 Å². The smallest absolute Gasteiger partial charge is 0.297 e. The van der Waals surface area contributed by atoms with Crippen LogP contribution in [0, 0.1) is 17.0 Å². The van der Waals surface area contributed by atoms with E-state index in [-0.39, 0.29) is 5.69 Å². The van der Waals surface area contributed by atoms with Crippen LogP contribution in [0.15, 0.2) is 18.2 Å². The molecule has 2 rings (SSSR count). The summed E-state index contributed by atoms with van der Waals surface area (Å²) >= 11 is 0. The van der Waals surface area contributed by atoms with E-state index in [1.807, 2.05) is 32.1 Å². The molecule has 0 amide bonds. The van der Waals surface area contributed by atoms with Gasteiger partial charge in [-0.3, -0.25) is 10.1 Å². The quantitative estimate of drug-likeness (QED) is 0.671. The minimum absolute atomic E-state index is 0.0357. The third kappa shape index (κ3) is 2.31. The van der Waals surface area contributed by atoms with Gasteiger partial charge in [0.2, 0.25) is 0 Å². The number of fused-ring (bicyclic) bond motifs is 1. The SMILES string of the molecule is CC/C=C\c1[nH]c2c([N+](=O)[O-])cc(OC)cc2c1C. The van der Waals surface area contributed by atoms with Gasteiger partial charge in [-0.05, 0) is 31.1 Å². The summed E-state index contributed by atoms with van der Waals surface area (Å²) in [6, 6.07) is 3.25. The van der Waals surface area contributed by atoms with Gasteiger partial charge in [0.25, 0.3) is 5.69 Å². The van der Waals surface area contributed by atoms with Crippen LogP contribution in [-0.4, -0.2) is 17.0 Å². The van der Waals surface area contributed by atoms with Crippen LogP contribution >= 0.6 is 0 Å². The Hall–Kier alpha value is -2.30. The normalized spacial score (nSPS) is 11.3. The van der Waals surface area contributed by atoms with Gasteiger partial charge in [-0.1, -0.05) is 13.0 Å². The zero-order valence-corrected chi connectivity index (χ0v) is 11.2. The molecule has 5 nitrogen and oxygen atoms in total. The summed E-state index contributed by atoms with van der Waals surface area (Å²) in [5.74, 6) is 0.493. The lowest BCUT2D eigenvalue weighted by Gasteiger charge is -2.01. The molecule has 19 heavy (non-hydrogen) atoms. The Morgan fingerprint density at radius 3 is 2.79 bits per heavy atom. The van der Waals surface area contributed by atoms with Crippen molar-refractivity contribution in [3.05, 3.63) is 39.6 Å². The highest BCUT2D eigenvalue weighted by atomic mass is 16.6. The molecular weight excluding hydrogens is 244 g/mol. The summed E-state index contributed by atoms with van der Waals surface area (Å²) in [7, 11) is 1.50. The summed E-state index contributed by atoms with van der Waals surface area (Å²) < 4.78 is 5.12. The number of aromatic amines is 1. The number of nitrogens with one attached hydrogen (secondary N) is 1. The Morgan fingerprint density at radius 2 is 2.21 bits per heavy atom. The highest BCUT2D eigenvalue weighted by Crippen LogP contribution is 2.34. The molecular formula is C14H16N2O3. The van der Waals surface area contributed by atoms with Crippen LogP contribution in [0.2, 0.25) is 0 Å². The second kappa shape index (κ2) is 5.14. The van der Waals surface area contributed by atoms with Crippen LogP contribution in [0.5, 0.6) is 5.75 Å². The second-order valence-electron chi connectivity index (χ2n) is 4.30. The average molecular weight is 260 g/mol. The molecule has 0 atom stereocenters. The maximum atomic E-state index is 11.1. The van der Waals surface area contributed by atoms with Crippen molar-refractivity contribution in [3.63, 3.8) is 0 Å². The van der Waals surface area contributed by atoms with Crippen LogP contribution in [0.25, 0.3) is 17.0 Å². The van der Waals surface area contributed by atoms with E-state index in [1.54, 1.807) is 0 Å². The molecule has 5 heteroatoms. The Bertz CT molecular complexity index is 656. The van der Waals surface area contributed by atoms with E-state index in [1.165, 1.54) is 13.2 Å². The summed E-state index contributed by atoms with van der Waals surface area (Å²) in [6.45, 7) is 3.98. The van der Waals surface area contributed by atoms with Crippen LogP contribution < -0.4 is 4.74 Å². The molecule has 100 valence electrons. The largest absolute Gasteiger partial charge is 0.496 e. The van der Waals surface area contributed by atoms with E-state index in [2.05, 4.69) is 4.98 Å². The Kier molecular flexibility index (Phi) is 3.55. The molecule has 0 aliphatic heterocycles. The predicted molar refractivity (Wildman–Crippen MR) is 75.6 cm³/mol. The summed E-state index contributed by atoms with van der Waals surface area (Å²) in [5.41, 5.74) is 2.46. The third-order valence-corrected chi connectivity index (χ3v) is 3.11. The second-order valence-corrected chi connectivity index (χ2v) is 4.30. The van der Waals surface area contributed by atoms with E-state index >= 15 is 0 Å². The molecule has 1 N–H and O–H groups in total. The molecule has 0 saturated heterocycles. The van der Waals surface area contributed by atoms with Crippen molar-refractivity contribution < 1.29 is 9.66 Å². The number of hydrogen-bond donors (Lipinski definition) is 1. The number of nitrogens with zero attached hydrogens (tertiary/aromatic N) is 1. The van der Waals surface area contributed by atoms with Gasteiger partial charge in [-0.15, -0.1) is 0 Å². The van der Waals surface area contributed by atoms with Gasteiger partial charge in [-0.2, -0.15) is 0 Å². The summed E-state index contributed by atoms with van der Waals surface area (Å²) in [6.07, 6.45) is 4.88. The number of hydrogen-bond acceptors (Lipinski definition) is 3. The van der Waals surface area contributed by atoms with Gasteiger partial charge in [0.1, 0.15) is 11.3 Å². The van der Waals surface area contributed by atoms with Gasteiger partial charge in [0.05, 0.1) is 18.1 Å². The first kappa shape index (κ1) is 13.1. The molecule has 0 radical (unpaired) electrons. The standard InChI is InChI=1S/C14H16N2O3/c1-4-5-6-12-9(2)11-7-10(19-3)8-13(16(17)18)14(11)15-12/h5-8,15H,4H2,1-3H3/b6-5-. The lowest BCUT2D eigenvalue weighted by molar-refractivity contribution is -0.383. The number of non-ortho nitro benzene ring substituents is 1. The number of nitro groups is 1. The van der Waals surface area contributed by atoms with Gasteiger partial charge in [0.15, 0.2) is 0 Å². The van der Waals surface area contributed by atoms with Crippen molar-refractivity contribution in [1.29, 1.82) is 0 Å². The Morgan fingerprint density at radius 1 is 1.47 bits per heavy atom. The number of allylic oxidation sites excluding steroid dienone is 1. The maximum absolute atomic E-state index is 11.1. The maximum Gasteiger partial charge on any atom is 0.297 e. The van der Waals surface area contributed by atoms with E-state index in [9.17, 15) is 10.1 Å². The van der Waals surface area contributed by atoms with Crippen LogP contribution in [0.4, 0.5) is 5.69 Å². The van der Waals surface area contributed by atoms with E-state index in [4.69, 9.17) is 4.74 Å². The van der Waals surface area contributed by atoms with Gasteiger partial charge >= 0.3 is 0 Å². The van der Waals surface area contributed by atoms with Crippen molar-refractivity contribution in [2.45, 2.75) is 20.3 Å². The fraction of sp³-hybridized carbons (Fsp3) is 0.286. The number of aryl methyl sites for hydroxylation is 1. The van der Waals surface area contributed by atoms with Crippen molar-refractivity contribution in [2.75, 3.05) is 7.11 Å². The third-order valence-electron chi connectivity index (χ3n) is 3.11. The Labute approximate surface area is 111 Å². The lowest BCUT2D eigenvalue weighted by Crippen LogP contribution is -1.91. The van der Waals surface area contributed by atoms with E-state index in [0.717, 1.165) is 23.1 Å². The number of methoxy groups -OCH3 is 1. The number of ether oxygens (including phenoxy) is 1. The first-order chi connectivity index (χ1) is 9.08. The molecule has 0 aliphatic rings. The molecule has 0 unspecified atom stereocenters. The molecule has 1 aromatic heterocycles. The fourth-order valence-electron chi connectivity index (χ4n) is 2.07. The first-order valence-electron chi connectivity index (χ1n) is 6.09. The van der Waals surface area contributed by atoms with Crippen molar-refractivity contribution in [2.24, 2.45) is 0 Å². The zero-order chi connectivity index (χ0) is 14.0. The van der Waals surface area contributed by atoms with Crippen LogP contribution in [0.1, 0.15) is 24.6 Å². The number of aromatic nitrogens is 1. The van der Waals surface area contributed by atoms with Crippen molar-refractivity contribution >= 4 is 22.7 Å². The zero-order valence-electron chi connectivity index (χ0n) is 11.2. The molecule has 1 heterocycles. The monoisotopic (exact) mass is 260 g/mol. The number of nitro benzene ring substituents is 1. The Balaban J connectivity index is 2.74. The molecule has 0 spiro atoms. The van der Waals surface area contributed by atoms with Gasteiger partial charge < -0.3 is 9.72 Å². The van der Waals surface area contributed by atoms with Gasteiger partial charge in [-0.25, -0.2) is 0 Å². The molecule has 1 aromatic carbocycles. The van der Waals surface area contributed by atoms with Crippen molar-refractivity contribution in [1.82, 2.24) is 4.98 Å². The topological polar surface area (TPSA) is 68.2 Å². The van der Waals surface area contributed by atoms with Crippen molar-refractivity contribution in [3.8, 4) is 5.75 Å². The number of H-pyrrole nitrogens is 1. The fourth-order valence-corrected chi connectivity index (χ4v) is 2.07. The van der Waals surface area contributed by atoms with E-state index in [0.29, 0.717) is 11.3 Å². The highest BCUT2D eigenvalue weighted by molar-refractivity contribution is 5.94. The summed E-state index contributed by atoms with van der Waals surface area (Å²) in [5, 5.41) is 12.0. The first-order valence-corrected chi connectivity index (χ1v) is 6.09. The highest BCUT2D eigenvalue weighted by Gasteiger charge is 2.18. The van der Waals surface area contributed by atoms with E-state index < -0.39 is 4.92 Å². The number of rotatable bonds is 4. The summed E-state index contributed by atoms with van der Waals surface area (Å²) in [4.78, 5) is 13.9. The van der Waals surface area contributed by atoms with Crippen LogP contribution in [-0.2, 0) is 0 Å². The molecule has 0 bridgehead atoms. The minimum Gasteiger partial charge on any atom is -0.496 e.